The van der Waals surface area contributed by atoms with Crippen LogP contribution in [0.3, 0.4) is 0 Å². The molecule has 0 aliphatic rings. The highest BCUT2D eigenvalue weighted by Crippen LogP contribution is 2.50. The first-order valence-electron chi connectivity index (χ1n) is 8.45. The fraction of sp³-hybridized carbons (Fsp3) is 0.300. The zero-order chi connectivity index (χ0) is 20.7. The number of benzene rings is 2. The van der Waals surface area contributed by atoms with E-state index in [2.05, 4.69) is 0 Å². The molecule has 3 rings (SSSR count). The molecule has 0 saturated heterocycles. The van der Waals surface area contributed by atoms with Gasteiger partial charge in [-0.15, -0.1) is 0 Å². The van der Waals surface area contributed by atoms with Gasteiger partial charge in [0.15, 0.2) is 0 Å². The molecule has 2 aromatic carbocycles. The van der Waals surface area contributed by atoms with Gasteiger partial charge in [-0.3, -0.25) is 0 Å². The molecule has 3 aromatic rings. The predicted molar refractivity (Wildman–Crippen MR) is 92.8 cm³/mol. The lowest BCUT2D eigenvalue weighted by atomic mass is 9.91. The van der Waals surface area contributed by atoms with Crippen molar-refractivity contribution in [3.8, 4) is 0 Å². The van der Waals surface area contributed by atoms with Gasteiger partial charge in [-0.05, 0) is 37.1 Å². The second kappa shape index (κ2) is 6.84. The fourth-order valence-electron chi connectivity index (χ4n) is 3.30. The third kappa shape index (κ3) is 3.37. The molecule has 0 amide bonds. The average Bonchev–Trinajstić information content (AvgIpc) is 2.92. The van der Waals surface area contributed by atoms with Gasteiger partial charge in [-0.2, -0.15) is 26.3 Å². The fourth-order valence-corrected chi connectivity index (χ4v) is 3.30. The van der Waals surface area contributed by atoms with E-state index in [1.165, 1.54) is 12.1 Å². The lowest BCUT2D eigenvalue weighted by molar-refractivity contribution is -0.376. The van der Waals surface area contributed by atoms with Crippen LogP contribution in [0.5, 0.6) is 0 Å². The Balaban J connectivity index is 2.01. The van der Waals surface area contributed by atoms with E-state index in [0.717, 1.165) is 11.6 Å². The molecule has 28 heavy (non-hydrogen) atoms. The molecule has 0 radical (unpaired) electrons. The van der Waals surface area contributed by atoms with Gasteiger partial charge in [0.2, 0.25) is 0 Å². The van der Waals surface area contributed by atoms with E-state index >= 15 is 0 Å². The van der Waals surface area contributed by atoms with Crippen LogP contribution in [0, 0.1) is 6.92 Å². The maximum absolute atomic E-state index is 13.1. The molecule has 0 unspecified atom stereocenters. The van der Waals surface area contributed by atoms with Crippen molar-refractivity contribution in [2.75, 3.05) is 0 Å². The maximum atomic E-state index is 13.1. The maximum Gasteiger partial charge on any atom is 0.430 e. The molecule has 2 nitrogen and oxygen atoms in total. The summed E-state index contributed by atoms with van der Waals surface area (Å²) in [6.45, 7) is 2.24. The van der Waals surface area contributed by atoms with E-state index in [0.29, 0.717) is 30.2 Å². The van der Waals surface area contributed by atoms with Crippen molar-refractivity contribution in [3.63, 3.8) is 0 Å². The Labute approximate surface area is 157 Å². The summed E-state index contributed by atoms with van der Waals surface area (Å²) in [4.78, 5) is 0. The first-order chi connectivity index (χ1) is 12.9. The molecular weight excluding hydrogens is 384 g/mol. The molecule has 150 valence electrons. The highest BCUT2D eigenvalue weighted by atomic mass is 19.4. The molecule has 0 atom stereocenters. The van der Waals surface area contributed by atoms with Crippen LogP contribution in [-0.2, 0) is 18.6 Å². The highest BCUT2D eigenvalue weighted by molar-refractivity contribution is 5.82. The second-order valence-corrected chi connectivity index (χ2v) is 6.65. The number of halogens is 6. The lowest BCUT2D eigenvalue weighted by Gasteiger charge is -2.32. The van der Waals surface area contributed by atoms with Gasteiger partial charge in [0.25, 0.3) is 5.60 Å². The smallest absolute Gasteiger partial charge is 0.369 e. The Kier molecular flexibility index (Phi) is 4.95. The third-order valence-electron chi connectivity index (χ3n) is 4.81. The quantitative estimate of drug-likeness (QED) is 0.574. The van der Waals surface area contributed by atoms with Crippen molar-refractivity contribution >= 4 is 10.9 Å². The van der Waals surface area contributed by atoms with Crippen LogP contribution in [0.15, 0.2) is 54.6 Å². The van der Waals surface area contributed by atoms with Gasteiger partial charge >= 0.3 is 12.4 Å². The van der Waals surface area contributed by atoms with Gasteiger partial charge in [0.1, 0.15) is 0 Å². The van der Waals surface area contributed by atoms with E-state index in [1.54, 1.807) is 6.92 Å². The summed E-state index contributed by atoms with van der Waals surface area (Å²) in [5.41, 5.74) is -3.91. The van der Waals surface area contributed by atoms with E-state index in [-0.39, 0.29) is 5.39 Å². The first kappa shape index (κ1) is 20.3. The van der Waals surface area contributed by atoms with E-state index in [9.17, 15) is 31.4 Å². The number of nitrogens with zero attached hydrogens (tertiary/aromatic N) is 1. The predicted octanol–water partition coefficient (Wildman–Crippen LogP) is 5.50. The second-order valence-electron chi connectivity index (χ2n) is 6.65. The van der Waals surface area contributed by atoms with E-state index in [4.69, 9.17) is 0 Å². The largest absolute Gasteiger partial charge is 0.430 e. The highest BCUT2D eigenvalue weighted by Gasteiger charge is 2.71. The van der Waals surface area contributed by atoms with Gasteiger partial charge in [-0.1, -0.05) is 36.4 Å². The van der Waals surface area contributed by atoms with E-state index < -0.39 is 23.5 Å². The number of aryl methyl sites for hydroxylation is 3. The van der Waals surface area contributed by atoms with Crippen molar-refractivity contribution < 1.29 is 31.4 Å². The molecule has 1 heterocycles. The topological polar surface area (TPSA) is 25.2 Å². The van der Waals surface area contributed by atoms with Crippen LogP contribution in [-0.4, -0.2) is 22.0 Å². The summed E-state index contributed by atoms with van der Waals surface area (Å²) in [6.07, 6.45) is -11.1. The Morgan fingerprint density at radius 3 is 2.04 bits per heavy atom. The molecule has 8 heteroatoms. The average molecular weight is 401 g/mol. The summed E-state index contributed by atoms with van der Waals surface area (Å²) >= 11 is 0. The minimum Gasteiger partial charge on any atom is -0.369 e. The van der Waals surface area contributed by atoms with Gasteiger partial charge in [0.05, 0.1) is 0 Å². The van der Waals surface area contributed by atoms with Crippen LogP contribution in [0.1, 0.15) is 16.8 Å². The standard InChI is InChI=1S/C20H17F6NO/c1-13-11-15-12-16(18(28,19(21,22)23)20(24,25)26)7-8-17(15)27(13)10-9-14-5-3-2-4-6-14/h2-8,11-12,28H,9-10H2,1H3. The van der Waals surface area contributed by atoms with Crippen molar-refractivity contribution in [3.05, 3.63) is 71.4 Å². The number of fused-ring (bicyclic) bond motifs is 1. The summed E-state index contributed by atoms with van der Waals surface area (Å²) in [6, 6.07) is 13.7. The number of alkyl halides is 6. The zero-order valence-corrected chi connectivity index (χ0v) is 14.8. The molecule has 0 saturated carbocycles. The van der Waals surface area contributed by atoms with Crippen molar-refractivity contribution in [2.24, 2.45) is 0 Å². The molecule has 0 fully saturated rings. The molecule has 0 spiro atoms. The summed E-state index contributed by atoms with van der Waals surface area (Å²) < 4.78 is 80.4. The number of hydrogen-bond acceptors (Lipinski definition) is 1. The molecule has 0 aliphatic heterocycles. The van der Waals surface area contributed by atoms with Crippen molar-refractivity contribution in [2.45, 2.75) is 37.8 Å². The Hall–Kier alpha value is -2.48. The van der Waals surface area contributed by atoms with Crippen LogP contribution in [0.2, 0.25) is 0 Å². The molecule has 1 aromatic heterocycles. The van der Waals surface area contributed by atoms with Crippen LogP contribution < -0.4 is 0 Å². The van der Waals surface area contributed by atoms with Crippen molar-refractivity contribution in [1.82, 2.24) is 4.57 Å². The zero-order valence-electron chi connectivity index (χ0n) is 14.8. The first-order valence-corrected chi connectivity index (χ1v) is 8.45. The van der Waals surface area contributed by atoms with Gasteiger partial charge < -0.3 is 9.67 Å². The monoisotopic (exact) mass is 401 g/mol. The minimum atomic E-state index is -5.90. The van der Waals surface area contributed by atoms with Crippen molar-refractivity contribution in [1.29, 1.82) is 0 Å². The molecule has 0 aliphatic carbocycles. The number of rotatable bonds is 4. The summed E-state index contributed by atoms with van der Waals surface area (Å²) in [5, 5.41) is 9.79. The normalized spacial score (nSPS) is 13.3. The van der Waals surface area contributed by atoms with Crippen LogP contribution in [0.4, 0.5) is 26.3 Å². The Morgan fingerprint density at radius 1 is 0.857 bits per heavy atom. The molecular formula is C20H17F6NO. The number of hydrogen-bond donors (Lipinski definition) is 1. The molecule has 0 bridgehead atoms. The number of aliphatic hydroxyl groups is 1. The minimum absolute atomic E-state index is 0.204. The van der Waals surface area contributed by atoms with E-state index in [1.807, 2.05) is 34.9 Å². The van der Waals surface area contributed by atoms with Gasteiger partial charge in [-0.25, -0.2) is 0 Å². The van der Waals surface area contributed by atoms with Gasteiger partial charge in [0, 0.05) is 28.7 Å². The SMILES string of the molecule is Cc1cc2cc(C(O)(C(F)(F)F)C(F)(F)F)ccc2n1CCc1ccccc1. The Morgan fingerprint density at radius 2 is 1.46 bits per heavy atom. The molecule has 1 N–H and O–H groups in total. The van der Waals surface area contributed by atoms with Crippen LogP contribution in [0.25, 0.3) is 10.9 Å². The summed E-state index contributed by atoms with van der Waals surface area (Å²) in [5.74, 6) is 0. The summed E-state index contributed by atoms with van der Waals surface area (Å²) in [7, 11) is 0. The van der Waals surface area contributed by atoms with Crippen LogP contribution >= 0.6 is 0 Å². The number of aromatic nitrogens is 1. The Bertz CT molecular complexity index is 958. The third-order valence-corrected chi connectivity index (χ3v) is 4.81. The lowest BCUT2D eigenvalue weighted by Crippen LogP contribution is -2.53.